The Bertz CT molecular complexity index is 1830. The van der Waals surface area contributed by atoms with Gasteiger partial charge in [-0.05, 0) is 86.4 Å². The molecule has 1 spiro atoms. The molecule has 0 bridgehead atoms. The largest absolute Gasteiger partial charge is 0.371 e. The molecule has 1 aliphatic carbocycles. The summed E-state index contributed by atoms with van der Waals surface area (Å²) in [5, 5.41) is 3.81. The number of carbonyl (C=O) groups is 1. The van der Waals surface area contributed by atoms with Crippen molar-refractivity contribution >= 4 is 51.5 Å². The summed E-state index contributed by atoms with van der Waals surface area (Å²) in [6, 6.07) is 17.5. The molecule has 3 aromatic carbocycles. The van der Waals surface area contributed by atoms with E-state index in [9.17, 15) is 4.79 Å². The third-order valence-corrected chi connectivity index (χ3v) is 11.5. The summed E-state index contributed by atoms with van der Waals surface area (Å²) in [7, 11) is 0. The molecule has 0 unspecified atom stereocenters. The number of halogens is 3. The van der Waals surface area contributed by atoms with Gasteiger partial charge in [0.05, 0.1) is 16.1 Å². The van der Waals surface area contributed by atoms with E-state index in [1.54, 1.807) is 12.1 Å². The van der Waals surface area contributed by atoms with Crippen LogP contribution in [-0.2, 0) is 16.9 Å². The van der Waals surface area contributed by atoms with Gasteiger partial charge in [0.15, 0.2) is 0 Å². The maximum absolute atomic E-state index is 16.3. The van der Waals surface area contributed by atoms with E-state index >= 15 is 4.39 Å². The molecule has 9 rings (SSSR count). The molecule has 5 heterocycles. The second-order valence-corrected chi connectivity index (χ2v) is 14.2. The zero-order valence-electron chi connectivity index (χ0n) is 24.4. The van der Waals surface area contributed by atoms with E-state index in [1.807, 2.05) is 24.3 Å². The van der Waals surface area contributed by atoms with Gasteiger partial charge in [-0.3, -0.25) is 9.69 Å². The summed E-state index contributed by atoms with van der Waals surface area (Å²) in [4.78, 5) is 24.9. The minimum atomic E-state index is -1.12. The number of benzene rings is 3. The number of anilines is 2. The van der Waals surface area contributed by atoms with Crippen LogP contribution in [0.1, 0.15) is 67.3 Å². The monoisotopic (exact) mass is 629 g/mol. The number of fused-ring (bicyclic) bond motifs is 7. The van der Waals surface area contributed by atoms with Gasteiger partial charge < -0.3 is 14.8 Å². The lowest BCUT2D eigenvalue weighted by atomic mass is 9.70. The molecular weight excluding hydrogens is 596 g/mol. The van der Waals surface area contributed by atoms with Crippen LogP contribution in [0.2, 0.25) is 10.0 Å². The number of carbonyl (C=O) groups excluding carboxylic acids is 1. The fourth-order valence-electron chi connectivity index (χ4n) is 8.93. The maximum atomic E-state index is 16.3. The summed E-state index contributed by atoms with van der Waals surface area (Å²) in [5.41, 5.74) is 4.19. The first kappa shape index (κ1) is 27.2. The average Bonchev–Trinajstić information content (AvgIpc) is 3.62. The number of hydrogen-bond donors (Lipinski definition) is 1. The third-order valence-electron chi connectivity index (χ3n) is 11.0. The van der Waals surface area contributed by atoms with Crippen LogP contribution >= 0.6 is 23.2 Å². The van der Waals surface area contributed by atoms with Gasteiger partial charge in [0.2, 0.25) is 5.91 Å². The Morgan fingerprint density at radius 3 is 2.64 bits per heavy atom. The van der Waals surface area contributed by atoms with Gasteiger partial charge in [-0.1, -0.05) is 41.4 Å². The Morgan fingerprint density at radius 1 is 0.977 bits per heavy atom. The molecule has 4 aliphatic heterocycles. The maximum Gasteiger partial charge on any atom is 0.250 e. The summed E-state index contributed by atoms with van der Waals surface area (Å²) in [6.45, 7) is 3.72. The van der Waals surface area contributed by atoms with Crippen molar-refractivity contribution in [2.45, 2.75) is 68.5 Å². The highest BCUT2D eigenvalue weighted by Crippen LogP contribution is 2.64. The van der Waals surface area contributed by atoms with E-state index in [0.717, 1.165) is 67.9 Å². The van der Waals surface area contributed by atoms with Crippen LogP contribution in [0.4, 0.5) is 15.8 Å². The number of imidazole rings is 1. The van der Waals surface area contributed by atoms with Crippen LogP contribution in [0.15, 0.2) is 54.6 Å². The number of aryl methyl sites for hydroxylation is 1. The van der Waals surface area contributed by atoms with Crippen LogP contribution in [0.25, 0.3) is 11.0 Å². The van der Waals surface area contributed by atoms with Crippen LogP contribution in [0, 0.1) is 11.7 Å². The molecule has 4 aromatic rings. The van der Waals surface area contributed by atoms with E-state index < -0.39 is 17.3 Å². The quantitative estimate of drug-likeness (QED) is 0.251. The minimum Gasteiger partial charge on any atom is -0.371 e. The first-order valence-corrected chi connectivity index (χ1v) is 16.8. The van der Waals surface area contributed by atoms with Crippen LogP contribution in [0.5, 0.6) is 0 Å². The number of nitrogens with zero attached hydrogens (tertiary/aromatic N) is 4. The fraction of sp³-hybridized carbons (Fsp3) is 0.429. The highest BCUT2D eigenvalue weighted by molar-refractivity contribution is 6.31. The number of amides is 1. The Hall–Kier alpha value is -3.13. The molecule has 1 aromatic heterocycles. The standard InChI is InChI=1S/C35H34Cl2FN5O/c36-21-9-11-24-26(17-21)40-34(44)35(24)31(23-5-4-6-25(37)32(23)38)30-29(43(35)19-20-7-8-20)13-16-42-28-12-10-22(18-27(28)39-33(30)42)41-14-2-1-3-15-41/h4-6,9-12,17-18,20,29-31H,1-3,7-8,13-16,19H2,(H,40,44)/t29-,30+,31-,35+/m0/s1. The summed E-state index contributed by atoms with van der Waals surface area (Å²) in [6.07, 6.45) is 6.84. The Balaban J connectivity index is 1.28. The van der Waals surface area contributed by atoms with Crippen molar-refractivity contribution in [1.29, 1.82) is 0 Å². The highest BCUT2D eigenvalue weighted by atomic mass is 35.5. The minimum absolute atomic E-state index is 0.0113. The lowest BCUT2D eigenvalue weighted by Crippen LogP contribution is -2.53. The number of aromatic nitrogens is 2. The molecule has 226 valence electrons. The van der Waals surface area contributed by atoms with Gasteiger partial charge in [-0.15, -0.1) is 0 Å². The van der Waals surface area contributed by atoms with Crippen molar-refractivity contribution in [3.8, 4) is 0 Å². The second kappa shape index (κ2) is 9.93. The number of rotatable bonds is 4. The first-order chi connectivity index (χ1) is 21.4. The van der Waals surface area contributed by atoms with Gasteiger partial charge in [0.1, 0.15) is 17.2 Å². The number of hydrogen-bond acceptors (Lipinski definition) is 4. The normalized spacial score (nSPS) is 27.9. The summed E-state index contributed by atoms with van der Waals surface area (Å²) in [5.74, 6) is 0.126. The molecule has 5 aliphatic rings. The zero-order chi connectivity index (χ0) is 29.7. The van der Waals surface area contributed by atoms with E-state index in [0.29, 0.717) is 22.2 Å². The third kappa shape index (κ3) is 3.82. The predicted octanol–water partition coefficient (Wildman–Crippen LogP) is 7.69. The molecule has 6 nitrogen and oxygen atoms in total. The number of nitrogens with one attached hydrogen (secondary N) is 1. The predicted molar refractivity (Wildman–Crippen MR) is 172 cm³/mol. The van der Waals surface area contributed by atoms with E-state index in [4.69, 9.17) is 28.2 Å². The molecule has 2 saturated heterocycles. The molecule has 3 fully saturated rings. The summed E-state index contributed by atoms with van der Waals surface area (Å²) < 4.78 is 18.7. The zero-order valence-corrected chi connectivity index (χ0v) is 25.9. The molecule has 1 N–H and O–H groups in total. The number of likely N-dealkylation sites (tertiary alicyclic amines) is 1. The molecule has 1 amide bonds. The SMILES string of the molecule is O=C1Nc2cc(Cl)ccc2[C@@]12[C@@H](c1cccc(Cl)c1F)[C@@H]1c3nc4cc(N5CCCCC5)ccc4n3CC[C@@H]1N2CC1CC1. The average molecular weight is 631 g/mol. The molecule has 4 atom stereocenters. The molecule has 0 radical (unpaired) electrons. The Morgan fingerprint density at radius 2 is 1.82 bits per heavy atom. The van der Waals surface area contributed by atoms with E-state index in [-0.39, 0.29) is 22.9 Å². The van der Waals surface area contributed by atoms with Crippen molar-refractivity contribution in [3.05, 3.63) is 87.4 Å². The van der Waals surface area contributed by atoms with E-state index in [1.165, 1.54) is 24.9 Å². The van der Waals surface area contributed by atoms with Crippen molar-refractivity contribution in [2.75, 3.05) is 29.9 Å². The van der Waals surface area contributed by atoms with Crippen molar-refractivity contribution in [3.63, 3.8) is 0 Å². The van der Waals surface area contributed by atoms with Gasteiger partial charge in [-0.25, -0.2) is 9.37 Å². The highest BCUT2D eigenvalue weighted by Gasteiger charge is 2.69. The van der Waals surface area contributed by atoms with Gasteiger partial charge in [0, 0.05) is 66.0 Å². The van der Waals surface area contributed by atoms with Crippen LogP contribution < -0.4 is 10.2 Å². The van der Waals surface area contributed by atoms with Crippen molar-refractivity contribution < 1.29 is 9.18 Å². The smallest absolute Gasteiger partial charge is 0.250 e. The lowest BCUT2D eigenvalue weighted by Gasteiger charge is -2.40. The first-order valence-electron chi connectivity index (χ1n) is 16.0. The Kier molecular flexibility index (Phi) is 6.14. The fourth-order valence-corrected chi connectivity index (χ4v) is 9.29. The molecule has 44 heavy (non-hydrogen) atoms. The Labute approximate surface area is 266 Å². The van der Waals surface area contributed by atoms with Crippen LogP contribution in [-0.4, -0.2) is 46.0 Å². The van der Waals surface area contributed by atoms with Crippen molar-refractivity contribution in [2.24, 2.45) is 5.92 Å². The second-order valence-electron chi connectivity index (χ2n) is 13.4. The van der Waals surface area contributed by atoms with Gasteiger partial charge in [-0.2, -0.15) is 0 Å². The summed E-state index contributed by atoms with van der Waals surface area (Å²) >= 11 is 12.9. The van der Waals surface area contributed by atoms with Gasteiger partial charge in [0.25, 0.3) is 0 Å². The molecular formula is C35H34Cl2FN5O. The molecule has 1 saturated carbocycles. The molecule has 9 heteroatoms. The van der Waals surface area contributed by atoms with Crippen molar-refractivity contribution in [1.82, 2.24) is 14.5 Å². The van der Waals surface area contributed by atoms with E-state index in [2.05, 4.69) is 37.9 Å². The van der Waals surface area contributed by atoms with Gasteiger partial charge >= 0.3 is 0 Å². The topological polar surface area (TPSA) is 53.4 Å². The lowest BCUT2D eigenvalue weighted by molar-refractivity contribution is -0.128. The van der Waals surface area contributed by atoms with Crippen LogP contribution in [0.3, 0.4) is 0 Å². The number of piperidine rings is 1.